The van der Waals surface area contributed by atoms with Gasteiger partial charge in [-0.3, -0.25) is 0 Å². The lowest BCUT2D eigenvalue weighted by Crippen LogP contribution is -2.39. The largest absolute Gasteiger partial charge is 0.511 e. The van der Waals surface area contributed by atoms with E-state index in [2.05, 4.69) is 0 Å². The highest BCUT2D eigenvalue weighted by Gasteiger charge is 2.51. The quantitative estimate of drug-likeness (QED) is 0.0544. The van der Waals surface area contributed by atoms with E-state index in [-0.39, 0.29) is 0 Å². The van der Waals surface area contributed by atoms with Crippen LogP contribution in [0.2, 0.25) is 0 Å². The summed E-state index contributed by atoms with van der Waals surface area (Å²) >= 11 is 7.98. The van der Waals surface area contributed by atoms with Crippen LogP contribution in [0.4, 0.5) is 52.7 Å². The van der Waals surface area contributed by atoms with E-state index in [0.29, 0.717) is 103 Å². The number of hydrogen-bond donors (Lipinski definition) is 4. The number of hydrogen-bond acceptors (Lipinski definition) is 8. The average molecular weight is 1880 g/mol. The van der Waals surface area contributed by atoms with Crippen LogP contribution in [0.25, 0.3) is 0 Å². The summed E-state index contributed by atoms with van der Waals surface area (Å²) in [5.41, 5.74) is -11.9. The Morgan fingerprint density at radius 3 is 0.531 bits per heavy atom. The van der Waals surface area contributed by atoms with E-state index in [1.54, 1.807) is 225 Å². The Balaban J connectivity index is 0.000000231. The molecule has 0 unspecified atom stereocenters. The molecule has 0 radical (unpaired) electrons. The summed E-state index contributed by atoms with van der Waals surface area (Å²) in [6.07, 6.45) is 0. The summed E-state index contributed by atoms with van der Waals surface area (Å²) in [7, 11) is -22.0. The summed E-state index contributed by atoms with van der Waals surface area (Å²) in [4.78, 5) is 0. The van der Waals surface area contributed by atoms with Crippen molar-refractivity contribution in [1.82, 2.24) is 18.9 Å². The van der Waals surface area contributed by atoms with E-state index in [0.717, 1.165) is 0 Å². The maximum Gasteiger partial charge on any atom is 0.511 e. The molecule has 520 valence electrons. The first kappa shape index (κ1) is 82.1. The van der Waals surface area contributed by atoms with Crippen LogP contribution in [0.5, 0.6) is 0 Å². The van der Waals surface area contributed by atoms with Crippen molar-refractivity contribution in [3.8, 4) is 0 Å². The first-order valence-electron chi connectivity index (χ1n) is 27.7. The van der Waals surface area contributed by atoms with Gasteiger partial charge in [0.1, 0.15) is 0 Å². The van der Waals surface area contributed by atoms with Crippen LogP contribution in [0, 0.1) is 69.7 Å². The van der Waals surface area contributed by atoms with E-state index >= 15 is 0 Å². The Kier molecular flexibility index (Phi) is 28.5. The van der Waals surface area contributed by atoms with Crippen LogP contribution in [-0.2, 0) is 40.1 Å². The van der Waals surface area contributed by atoms with Gasteiger partial charge in [0.2, 0.25) is 0 Å². The molecular weight excluding hydrogens is 1820 g/mol. The van der Waals surface area contributed by atoms with Crippen molar-refractivity contribution in [2.75, 3.05) is 0 Å². The van der Waals surface area contributed by atoms with Gasteiger partial charge in [-0.1, -0.05) is 146 Å². The zero-order valence-electron chi connectivity index (χ0n) is 51.4. The van der Waals surface area contributed by atoms with E-state index < -0.39 is 86.3 Å². The first-order valence-corrected chi connectivity index (χ1v) is 38.0. The average Bonchev–Trinajstić information content (AvgIpc) is 0.807. The molecule has 0 aromatic heterocycles. The molecular formula is C64H60F12I4N4O8S4. The monoisotopic (exact) mass is 1880 g/mol. The van der Waals surface area contributed by atoms with Gasteiger partial charge in [0.15, 0.2) is 0 Å². The fraction of sp³-hybridized carbons (Fsp3) is 0.250. The van der Waals surface area contributed by atoms with Gasteiger partial charge in [-0.05, 0) is 259 Å². The first-order chi connectivity index (χ1) is 44.2. The number of alkyl halides is 12. The van der Waals surface area contributed by atoms with Crippen LogP contribution in [0.3, 0.4) is 0 Å². The molecule has 12 nitrogen and oxygen atoms in total. The van der Waals surface area contributed by atoms with Crippen LogP contribution in [0.15, 0.2) is 170 Å². The molecule has 0 aliphatic carbocycles. The number of rotatable bonds is 16. The molecule has 0 spiro atoms. The SMILES string of the molecule is Cc1ccccc1[C@@H](NS(=O)(=O)C(F)(F)F)c1c(C)cccc1I.Cc1ccccc1[C@@H](NS(=O)(=O)C(F)(F)F)c1c(C)cccc1I.Cc1ccccc1[C@@H](NS(=O)(=O)C(F)(F)F)c1c(C)cccc1I.Cc1ccccc1[C@@H](NS(=O)(=O)C(F)(F)F)c1c(C)cccc1I. The Bertz CT molecular complexity index is 3890. The maximum absolute atomic E-state index is 12.9. The molecule has 0 saturated carbocycles. The molecule has 4 atom stereocenters. The third-order valence-corrected chi connectivity index (χ3v) is 22.9. The number of sulfonamides is 4. The van der Waals surface area contributed by atoms with Crippen molar-refractivity contribution in [2.24, 2.45) is 0 Å². The third-order valence-electron chi connectivity index (χ3n) is 14.5. The van der Waals surface area contributed by atoms with E-state index in [4.69, 9.17) is 0 Å². The van der Waals surface area contributed by atoms with Crippen LogP contribution in [-0.4, -0.2) is 55.7 Å². The summed E-state index contributed by atoms with van der Waals surface area (Å²) in [6, 6.07) is 43.6. The Morgan fingerprint density at radius 2 is 0.396 bits per heavy atom. The van der Waals surface area contributed by atoms with E-state index in [1.807, 2.05) is 109 Å². The highest BCUT2D eigenvalue weighted by molar-refractivity contribution is 14.1. The molecule has 96 heavy (non-hydrogen) atoms. The minimum Gasteiger partial charge on any atom is -0.203 e. The fourth-order valence-corrected chi connectivity index (χ4v) is 16.2. The smallest absolute Gasteiger partial charge is 0.203 e. The predicted molar refractivity (Wildman–Crippen MR) is 380 cm³/mol. The second-order valence-electron chi connectivity index (χ2n) is 21.3. The highest BCUT2D eigenvalue weighted by atomic mass is 127. The molecule has 0 bridgehead atoms. The van der Waals surface area contributed by atoms with Crippen molar-refractivity contribution < 1.29 is 86.4 Å². The molecule has 0 fully saturated rings. The van der Waals surface area contributed by atoms with Crippen LogP contribution >= 0.6 is 90.4 Å². The lowest BCUT2D eigenvalue weighted by atomic mass is 9.93. The van der Waals surface area contributed by atoms with Crippen LogP contribution < -0.4 is 18.9 Å². The fourth-order valence-electron chi connectivity index (χ4n) is 9.68. The lowest BCUT2D eigenvalue weighted by molar-refractivity contribution is -0.0455. The summed E-state index contributed by atoms with van der Waals surface area (Å²) in [5.74, 6) is 0. The summed E-state index contributed by atoms with van der Waals surface area (Å²) in [5, 5.41) is 0. The Hall–Kier alpha value is -4.52. The highest BCUT2D eigenvalue weighted by Crippen LogP contribution is 2.39. The molecule has 0 saturated heterocycles. The van der Waals surface area contributed by atoms with Crippen molar-refractivity contribution in [2.45, 2.75) is 102 Å². The van der Waals surface area contributed by atoms with Crippen molar-refractivity contribution in [1.29, 1.82) is 0 Å². The molecule has 4 N–H and O–H groups in total. The molecule has 8 aromatic rings. The zero-order chi connectivity index (χ0) is 72.5. The van der Waals surface area contributed by atoms with Gasteiger partial charge in [-0.15, -0.1) is 0 Å². The van der Waals surface area contributed by atoms with E-state index in [1.165, 1.54) is 0 Å². The minimum atomic E-state index is -5.50. The predicted octanol–water partition coefficient (Wildman–Crippen LogP) is 17.7. The van der Waals surface area contributed by atoms with E-state index in [9.17, 15) is 86.4 Å². The molecule has 32 heteroatoms. The molecule has 8 rings (SSSR count). The second kappa shape index (κ2) is 33.3. The number of aryl methyl sites for hydroxylation is 8. The maximum atomic E-state index is 12.9. The normalized spacial score (nSPS) is 13.8. The van der Waals surface area contributed by atoms with Gasteiger partial charge >= 0.3 is 62.1 Å². The second-order valence-corrected chi connectivity index (χ2v) is 32.8. The van der Waals surface area contributed by atoms with Crippen molar-refractivity contribution in [3.05, 3.63) is 273 Å². The number of halogens is 16. The number of benzene rings is 8. The molecule has 0 heterocycles. The Morgan fingerprint density at radius 1 is 0.250 bits per heavy atom. The summed E-state index contributed by atoms with van der Waals surface area (Å²) < 4.78 is 258. The van der Waals surface area contributed by atoms with Gasteiger partial charge in [-0.25, -0.2) is 33.7 Å². The molecule has 0 amide bonds. The van der Waals surface area contributed by atoms with Gasteiger partial charge in [0.25, 0.3) is 0 Å². The van der Waals surface area contributed by atoms with Gasteiger partial charge in [0.05, 0.1) is 24.2 Å². The van der Waals surface area contributed by atoms with Crippen molar-refractivity contribution >= 4 is 130 Å². The Labute approximate surface area is 604 Å². The molecule has 0 aliphatic heterocycles. The van der Waals surface area contributed by atoms with Gasteiger partial charge in [0, 0.05) is 14.3 Å². The van der Waals surface area contributed by atoms with Gasteiger partial charge < -0.3 is 0 Å². The lowest BCUT2D eigenvalue weighted by Gasteiger charge is -2.24. The summed E-state index contributed by atoms with van der Waals surface area (Å²) in [6.45, 7) is 13.9. The standard InChI is InChI=1S/4C16H15F3INO2S/c4*1-10-6-3-4-8-12(10)15(21-24(22,23)16(17,18)19)14-11(2)7-5-9-13(14)20/h4*3-9,15,21H,1-2H3/t4*15-/m1111/s1. The number of nitrogens with one attached hydrogen (secondary N) is 4. The minimum absolute atomic E-state index is 0.484. The zero-order valence-corrected chi connectivity index (χ0v) is 63.3. The topological polar surface area (TPSA) is 185 Å². The third kappa shape index (κ3) is 20.8. The van der Waals surface area contributed by atoms with Gasteiger partial charge in [-0.2, -0.15) is 71.6 Å². The molecule has 8 aromatic carbocycles. The van der Waals surface area contributed by atoms with Crippen LogP contribution in [0.1, 0.15) is 113 Å². The van der Waals surface area contributed by atoms with Crippen molar-refractivity contribution in [3.63, 3.8) is 0 Å². The molecule has 0 aliphatic rings.